The van der Waals surface area contributed by atoms with E-state index in [-0.39, 0.29) is 11.8 Å². The summed E-state index contributed by atoms with van der Waals surface area (Å²) in [5.74, 6) is -1.48. The summed E-state index contributed by atoms with van der Waals surface area (Å²) >= 11 is 0. The lowest BCUT2D eigenvalue weighted by Crippen LogP contribution is -2.45. The Labute approximate surface area is 119 Å². The molecular weight excluding hydrogens is 256 g/mol. The number of hydrogen-bond donors (Lipinski definition) is 3. The van der Waals surface area contributed by atoms with Crippen LogP contribution in [0.25, 0.3) is 0 Å². The standard InChI is InChI=1S/C15H22N2O3/c1-11(10-16-2)14(18)17-13(15(19)20)9-8-12-6-4-3-5-7-12/h3-7,11,13,16H,8-10H2,1-2H3,(H,17,18)(H,19,20). The lowest BCUT2D eigenvalue weighted by atomic mass is 10.0. The van der Waals surface area contributed by atoms with Crippen molar-refractivity contribution < 1.29 is 14.7 Å². The number of aryl methyl sites for hydroxylation is 1. The zero-order chi connectivity index (χ0) is 15.0. The molecule has 5 nitrogen and oxygen atoms in total. The fourth-order valence-corrected chi connectivity index (χ4v) is 1.93. The first-order valence-electron chi connectivity index (χ1n) is 6.76. The van der Waals surface area contributed by atoms with Crippen molar-refractivity contribution >= 4 is 11.9 Å². The predicted molar refractivity (Wildman–Crippen MR) is 77.4 cm³/mol. The summed E-state index contributed by atoms with van der Waals surface area (Å²) in [7, 11) is 1.76. The number of rotatable bonds is 8. The summed E-state index contributed by atoms with van der Waals surface area (Å²) in [4.78, 5) is 23.1. The molecule has 110 valence electrons. The van der Waals surface area contributed by atoms with Gasteiger partial charge in [0.2, 0.25) is 5.91 Å². The van der Waals surface area contributed by atoms with Gasteiger partial charge in [-0.15, -0.1) is 0 Å². The van der Waals surface area contributed by atoms with E-state index in [1.807, 2.05) is 30.3 Å². The van der Waals surface area contributed by atoms with Crippen LogP contribution in [0.1, 0.15) is 18.9 Å². The molecule has 0 spiro atoms. The van der Waals surface area contributed by atoms with Crippen LogP contribution in [0.15, 0.2) is 30.3 Å². The van der Waals surface area contributed by atoms with Gasteiger partial charge in [0.05, 0.1) is 0 Å². The van der Waals surface area contributed by atoms with Gasteiger partial charge in [0, 0.05) is 12.5 Å². The third kappa shape index (κ3) is 5.40. The Morgan fingerprint density at radius 2 is 1.90 bits per heavy atom. The number of carbonyl (C=O) groups excluding carboxylic acids is 1. The monoisotopic (exact) mass is 278 g/mol. The zero-order valence-corrected chi connectivity index (χ0v) is 11.9. The van der Waals surface area contributed by atoms with Crippen LogP contribution in [0.4, 0.5) is 0 Å². The van der Waals surface area contributed by atoms with E-state index in [4.69, 9.17) is 0 Å². The highest BCUT2D eigenvalue weighted by Gasteiger charge is 2.22. The van der Waals surface area contributed by atoms with E-state index in [0.29, 0.717) is 19.4 Å². The van der Waals surface area contributed by atoms with Gasteiger partial charge >= 0.3 is 5.97 Å². The number of carbonyl (C=O) groups is 2. The van der Waals surface area contributed by atoms with Crippen molar-refractivity contribution in [2.75, 3.05) is 13.6 Å². The third-order valence-electron chi connectivity index (χ3n) is 3.14. The van der Waals surface area contributed by atoms with Crippen LogP contribution < -0.4 is 10.6 Å². The minimum Gasteiger partial charge on any atom is -0.480 e. The van der Waals surface area contributed by atoms with Gasteiger partial charge in [-0.05, 0) is 25.5 Å². The van der Waals surface area contributed by atoms with Crippen molar-refractivity contribution in [3.05, 3.63) is 35.9 Å². The molecule has 0 aliphatic rings. The van der Waals surface area contributed by atoms with Crippen molar-refractivity contribution in [3.63, 3.8) is 0 Å². The highest BCUT2D eigenvalue weighted by molar-refractivity contribution is 5.84. The van der Waals surface area contributed by atoms with E-state index in [2.05, 4.69) is 10.6 Å². The Bertz CT molecular complexity index is 434. The third-order valence-corrected chi connectivity index (χ3v) is 3.14. The zero-order valence-electron chi connectivity index (χ0n) is 11.9. The molecule has 1 amide bonds. The Balaban J connectivity index is 2.52. The van der Waals surface area contributed by atoms with Gasteiger partial charge in [0.1, 0.15) is 6.04 Å². The fourth-order valence-electron chi connectivity index (χ4n) is 1.93. The van der Waals surface area contributed by atoms with Gasteiger partial charge < -0.3 is 15.7 Å². The number of aliphatic carboxylic acids is 1. The molecule has 1 aromatic rings. The van der Waals surface area contributed by atoms with E-state index in [1.54, 1.807) is 14.0 Å². The number of hydrogen-bond acceptors (Lipinski definition) is 3. The Morgan fingerprint density at radius 3 is 2.45 bits per heavy atom. The molecule has 1 aromatic carbocycles. The molecule has 0 heterocycles. The maximum Gasteiger partial charge on any atom is 0.326 e. The molecule has 0 bridgehead atoms. The van der Waals surface area contributed by atoms with Gasteiger partial charge in [-0.1, -0.05) is 37.3 Å². The van der Waals surface area contributed by atoms with E-state index in [9.17, 15) is 14.7 Å². The molecule has 0 radical (unpaired) electrons. The first-order valence-corrected chi connectivity index (χ1v) is 6.76. The molecule has 1 rings (SSSR count). The summed E-state index contributed by atoms with van der Waals surface area (Å²) in [5.41, 5.74) is 1.07. The molecule has 20 heavy (non-hydrogen) atoms. The topological polar surface area (TPSA) is 78.4 Å². The summed E-state index contributed by atoms with van der Waals surface area (Å²) < 4.78 is 0. The average molecular weight is 278 g/mol. The second-order valence-electron chi connectivity index (χ2n) is 4.88. The first-order chi connectivity index (χ1) is 9.54. The summed E-state index contributed by atoms with van der Waals surface area (Å²) in [6, 6.07) is 8.80. The highest BCUT2D eigenvalue weighted by atomic mass is 16.4. The molecule has 5 heteroatoms. The van der Waals surface area contributed by atoms with Gasteiger partial charge in [-0.3, -0.25) is 4.79 Å². The largest absolute Gasteiger partial charge is 0.480 e. The Hall–Kier alpha value is -1.88. The van der Waals surface area contributed by atoms with Crippen LogP contribution in [-0.4, -0.2) is 36.6 Å². The lowest BCUT2D eigenvalue weighted by Gasteiger charge is -2.17. The van der Waals surface area contributed by atoms with Crippen LogP contribution in [-0.2, 0) is 16.0 Å². The van der Waals surface area contributed by atoms with Gasteiger partial charge in [0.15, 0.2) is 0 Å². The second kappa shape index (κ2) is 8.32. The van der Waals surface area contributed by atoms with Crippen molar-refractivity contribution in [2.45, 2.75) is 25.8 Å². The molecular formula is C15H22N2O3. The van der Waals surface area contributed by atoms with Crippen molar-refractivity contribution in [1.29, 1.82) is 0 Å². The Morgan fingerprint density at radius 1 is 1.25 bits per heavy atom. The van der Waals surface area contributed by atoms with Crippen LogP contribution in [0.3, 0.4) is 0 Å². The maximum atomic E-state index is 11.8. The first kappa shape index (κ1) is 16.2. The average Bonchev–Trinajstić information content (AvgIpc) is 2.44. The van der Waals surface area contributed by atoms with Crippen molar-refractivity contribution in [2.24, 2.45) is 5.92 Å². The van der Waals surface area contributed by atoms with Crippen LogP contribution >= 0.6 is 0 Å². The number of carboxylic acid groups (broad SMARTS) is 1. The maximum absolute atomic E-state index is 11.8. The summed E-state index contributed by atoms with van der Waals surface area (Å²) in [5, 5.41) is 14.7. The van der Waals surface area contributed by atoms with Gasteiger partial charge in [0.25, 0.3) is 0 Å². The second-order valence-corrected chi connectivity index (χ2v) is 4.88. The number of carboxylic acids is 1. The van der Waals surface area contributed by atoms with Gasteiger partial charge in [-0.25, -0.2) is 4.79 Å². The molecule has 0 aliphatic heterocycles. The van der Waals surface area contributed by atoms with Crippen LogP contribution in [0, 0.1) is 5.92 Å². The smallest absolute Gasteiger partial charge is 0.326 e. The van der Waals surface area contributed by atoms with Gasteiger partial charge in [-0.2, -0.15) is 0 Å². The SMILES string of the molecule is CNCC(C)C(=O)NC(CCc1ccccc1)C(=O)O. The van der Waals surface area contributed by atoms with Crippen molar-refractivity contribution in [1.82, 2.24) is 10.6 Å². The van der Waals surface area contributed by atoms with Crippen LogP contribution in [0.2, 0.25) is 0 Å². The van der Waals surface area contributed by atoms with E-state index >= 15 is 0 Å². The molecule has 0 fully saturated rings. The molecule has 3 N–H and O–H groups in total. The number of amides is 1. The van der Waals surface area contributed by atoms with E-state index in [0.717, 1.165) is 5.56 Å². The number of benzene rings is 1. The fraction of sp³-hybridized carbons (Fsp3) is 0.467. The molecule has 2 atom stereocenters. The van der Waals surface area contributed by atoms with Crippen LogP contribution in [0.5, 0.6) is 0 Å². The summed E-state index contributed by atoms with van der Waals surface area (Å²) in [6.07, 6.45) is 1.01. The van der Waals surface area contributed by atoms with E-state index in [1.165, 1.54) is 0 Å². The Kier molecular flexibility index (Phi) is 6.73. The molecule has 0 aliphatic carbocycles. The predicted octanol–water partition coefficient (Wildman–Crippen LogP) is 1.04. The molecule has 0 saturated carbocycles. The normalized spacial score (nSPS) is 13.5. The minimum absolute atomic E-state index is 0.236. The van der Waals surface area contributed by atoms with E-state index < -0.39 is 12.0 Å². The minimum atomic E-state index is -0.995. The highest BCUT2D eigenvalue weighted by Crippen LogP contribution is 2.06. The lowest BCUT2D eigenvalue weighted by molar-refractivity contribution is -0.142. The molecule has 2 unspecified atom stereocenters. The summed E-state index contributed by atoms with van der Waals surface area (Å²) in [6.45, 7) is 2.29. The quantitative estimate of drug-likeness (QED) is 0.664. The number of nitrogens with one attached hydrogen (secondary N) is 2. The molecule has 0 aromatic heterocycles. The molecule has 0 saturated heterocycles. The van der Waals surface area contributed by atoms with Crippen molar-refractivity contribution in [3.8, 4) is 0 Å².